The number of carbonyl (C=O) groups excluding carboxylic acids is 1. The van der Waals surface area contributed by atoms with Crippen molar-refractivity contribution in [3.8, 4) is 0 Å². The molecule has 14 heavy (non-hydrogen) atoms. The molecule has 80 valence electrons. The van der Waals surface area contributed by atoms with E-state index in [0.717, 1.165) is 25.0 Å². The predicted molar refractivity (Wildman–Crippen MR) is 65.5 cm³/mol. The smallest absolute Gasteiger partial charge is 0.202 e. The Hall–Kier alpha value is -0.500. The fraction of sp³-hybridized carbons (Fsp3) is 0.583. The lowest BCUT2D eigenvalue weighted by molar-refractivity contribution is -0.116. The summed E-state index contributed by atoms with van der Waals surface area (Å²) in [6, 6.07) is 0. The van der Waals surface area contributed by atoms with Crippen molar-refractivity contribution in [3.63, 3.8) is 0 Å². The van der Waals surface area contributed by atoms with Crippen molar-refractivity contribution in [2.24, 2.45) is 5.41 Å². The molecule has 0 aliphatic heterocycles. The summed E-state index contributed by atoms with van der Waals surface area (Å²) < 4.78 is 0. The lowest BCUT2D eigenvalue weighted by Gasteiger charge is -2.24. The van der Waals surface area contributed by atoms with Crippen molar-refractivity contribution in [3.05, 3.63) is 25.3 Å². The molecule has 2 heteroatoms. The molecule has 0 spiro atoms. The number of hydrogen-bond donors (Lipinski definition) is 0. The van der Waals surface area contributed by atoms with Crippen LogP contribution >= 0.6 is 11.8 Å². The standard InChI is InChI=1S/C12H20OS/c1-5-9-10-12(6-2,7-3)11(13)14-8-4/h6-7H,2-3,5,8-10H2,1,4H3. The summed E-state index contributed by atoms with van der Waals surface area (Å²) >= 11 is 1.36. The maximum atomic E-state index is 11.9. The van der Waals surface area contributed by atoms with Crippen LogP contribution in [0.5, 0.6) is 0 Å². The average Bonchev–Trinajstić information content (AvgIpc) is 2.21. The molecular formula is C12H20OS. The second kappa shape index (κ2) is 6.88. The van der Waals surface area contributed by atoms with Crippen LogP contribution in [0.25, 0.3) is 0 Å². The third-order valence-electron chi connectivity index (χ3n) is 2.33. The van der Waals surface area contributed by atoms with E-state index < -0.39 is 5.41 Å². The Morgan fingerprint density at radius 2 is 1.93 bits per heavy atom. The van der Waals surface area contributed by atoms with Crippen molar-refractivity contribution in [2.45, 2.75) is 33.1 Å². The third kappa shape index (κ3) is 3.33. The maximum Gasteiger partial charge on any atom is 0.202 e. The van der Waals surface area contributed by atoms with Gasteiger partial charge in [-0.15, -0.1) is 13.2 Å². The van der Waals surface area contributed by atoms with Crippen LogP contribution in [0.4, 0.5) is 0 Å². The van der Waals surface area contributed by atoms with Crippen LogP contribution in [0.2, 0.25) is 0 Å². The summed E-state index contributed by atoms with van der Waals surface area (Å²) in [5.74, 6) is 0.814. The van der Waals surface area contributed by atoms with E-state index in [1.807, 2.05) is 6.92 Å². The highest BCUT2D eigenvalue weighted by Crippen LogP contribution is 2.33. The fourth-order valence-corrected chi connectivity index (χ4v) is 2.09. The van der Waals surface area contributed by atoms with Gasteiger partial charge >= 0.3 is 0 Å². The van der Waals surface area contributed by atoms with E-state index in [1.165, 1.54) is 11.8 Å². The first-order valence-corrected chi connectivity index (χ1v) is 6.09. The van der Waals surface area contributed by atoms with Gasteiger partial charge in [-0.25, -0.2) is 0 Å². The number of unbranched alkanes of at least 4 members (excludes halogenated alkanes) is 1. The minimum atomic E-state index is -0.503. The molecule has 0 radical (unpaired) electrons. The zero-order valence-corrected chi connectivity index (χ0v) is 10.0. The molecule has 1 nitrogen and oxygen atoms in total. The van der Waals surface area contributed by atoms with E-state index >= 15 is 0 Å². The first-order valence-electron chi connectivity index (χ1n) is 5.11. The second-order valence-electron chi connectivity index (χ2n) is 3.27. The largest absolute Gasteiger partial charge is 0.286 e. The van der Waals surface area contributed by atoms with Gasteiger partial charge in [0.05, 0.1) is 5.41 Å². The summed E-state index contributed by atoms with van der Waals surface area (Å²) in [7, 11) is 0. The van der Waals surface area contributed by atoms with Crippen LogP contribution in [0, 0.1) is 5.41 Å². The van der Waals surface area contributed by atoms with E-state index in [-0.39, 0.29) is 5.12 Å². The van der Waals surface area contributed by atoms with Crippen molar-refractivity contribution in [1.82, 2.24) is 0 Å². The van der Waals surface area contributed by atoms with E-state index in [9.17, 15) is 4.79 Å². The van der Waals surface area contributed by atoms with Crippen molar-refractivity contribution in [2.75, 3.05) is 5.75 Å². The summed E-state index contributed by atoms with van der Waals surface area (Å²) in [6.45, 7) is 11.6. The predicted octanol–water partition coefficient (Wildman–Crippen LogP) is 3.81. The van der Waals surface area contributed by atoms with Crippen LogP contribution in [0.3, 0.4) is 0 Å². The first-order chi connectivity index (χ1) is 6.66. The van der Waals surface area contributed by atoms with Crippen molar-refractivity contribution < 1.29 is 4.79 Å². The molecule has 0 aliphatic carbocycles. The Labute approximate surface area is 91.7 Å². The van der Waals surface area contributed by atoms with Gasteiger partial charge in [0, 0.05) is 0 Å². The molecule has 0 aliphatic rings. The van der Waals surface area contributed by atoms with Crippen molar-refractivity contribution in [1.29, 1.82) is 0 Å². The Morgan fingerprint density at radius 1 is 1.36 bits per heavy atom. The minimum Gasteiger partial charge on any atom is -0.286 e. The van der Waals surface area contributed by atoms with E-state index in [0.29, 0.717) is 0 Å². The summed E-state index contributed by atoms with van der Waals surface area (Å²) in [5, 5.41) is 0.179. The van der Waals surface area contributed by atoms with E-state index in [1.54, 1.807) is 12.2 Å². The van der Waals surface area contributed by atoms with Crippen LogP contribution in [0.15, 0.2) is 25.3 Å². The van der Waals surface area contributed by atoms with Gasteiger partial charge in [0.2, 0.25) is 5.12 Å². The zero-order valence-electron chi connectivity index (χ0n) is 9.21. The zero-order chi connectivity index (χ0) is 11.0. The molecule has 0 heterocycles. The molecule has 0 amide bonds. The molecule has 0 unspecified atom stereocenters. The SMILES string of the molecule is C=CC(C=C)(CCCC)C(=O)SCC. The van der Waals surface area contributed by atoms with Crippen LogP contribution in [-0.2, 0) is 4.79 Å². The molecule has 0 bridgehead atoms. The molecule has 0 aromatic heterocycles. The summed E-state index contributed by atoms with van der Waals surface area (Å²) in [6.07, 6.45) is 6.44. The quantitative estimate of drug-likeness (QED) is 0.597. The fourth-order valence-electron chi connectivity index (χ4n) is 1.29. The first kappa shape index (κ1) is 13.5. The Morgan fingerprint density at radius 3 is 2.29 bits per heavy atom. The van der Waals surface area contributed by atoms with Crippen molar-refractivity contribution >= 4 is 16.9 Å². The lowest BCUT2D eigenvalue weighted by Crippen LogP contribution is -2.24. The van der Waals surface area contributed by atoms with E-state index in [2.05, 4.69) is 20.1 Å². The topological polar surface area (TPSA) is 17.1 Å². The monoisotopic (exact) mass is 212 g/mol. The van der Waals surface area contributed by atoms with Crippen LogP contribution in [-0.4, -0.2) is 10.9 Å². The Balaban J connectivity index is 4.58. The molecule has 0 fully saturated rings. The second-order valence-corrected chi connectivity index (χ2v) is 4.51. The molecule has 0 saturated heterocycles. The highest BCUT2D eigenvalue weighted by Gasteiger charge is 2.30. The van der Waals surface area contributed by atoms with Gasteiger partial charge in [-0.05, 0) is 12.2 Å². The van der Waals surface area contributed by atoms with Gasteiger partial charge in [-0.1, -0.05) is 50.6 Å². The number of hydrogen-bond acceptors (Lipinski definition) is 2. The number of rotatable bonds is 7. The van der Waals surface area contributed by atoms with Gasteiger partial charge in [0.1, 0.15) is 0 Å². The average molecular weight is 212 g/mol. The lowest BCUT2D eigenvalue weighted by atomic mass is 9.84. The van der Waals surface area contributed by atoms with Crippen LogP contribution in [0.1, 0.15) is 33.1 Å². The highest BCUT2D eigenvalue weighted by atomic mass is 32.2. The molecule has 0 atom stereocenters. The molecule has 0 N–H and O–H groups in total. The summed E-state index contributed by atoms with van der Waals surface area (Å²) in [5.41, 5.74) is -0.503. The molecule has 0 aromatic rings. The van der Waals surface area contributed by atoms with Crippen LogP contribution < -0.4 is 0 Å². The molecule has 0 aromatic carbocycles. The third-order valence-corrected chi connectivity index (χ3v) is 3.26. The number of thioether (sulfide) groups is 1. The normalized spacial score (nSPS) is 11.0. The van der Waals surface area contributed by atoms with Gasteiger partial charge in [0.25, 0.3) is 0 Å². The maximum absolute atomic E-state index is 11.9. The Kier molecular flexibility index (Phi) is 6.64. The highest BCUT2D eigenvalue weighted by molar-refractivity contribution is 8.13. The number of allylic oxidation sites excluding steroid dienone is 2. The Bertz CT molecular complexity index is 200. The van der Waals surface area contributed by atoms with E-state index in [4.69, 9.17) is 0 Å². The van der Waals surface area contributed by atoms with Gasteiger partial charge in [-0.2, -0.15) is 0 Å². The minimum absolute atomic E-state index is 0.179. The van der Waals surface area contributed by atoms with Gasteiger partial charge in [0.15, 0.2) is 0 Å². The number of carbonyl (C=O) groups is 1. The summed E-state index contributed by atoms with van der Waals surface area (Å²) in [4.78, 5) is 11.9. The van der Waals surface area contributed by atoms with Gasteiger partial charge < -0.3 is 0 Å². The van der Waals surface area contributed by atoms with Gasteiger partial charge in [-0.3, -0.25) is 4.79 Å². The molecular weight excluding hydrogens is 192 g/mol. The molecule has 0 saturated carbocycles. The molecule has 0 rings (SSSR count).